The molecule has 0 saturated heterocycles. The number of aliphatic imine (C=N–C) groups is 2. The summed E-state index contributed by atoms with van der Waals surface area (Å²) in [6, 6.07) is 19.3. The molecule has 2 N–H and O–H groups in total. The van der Waals surface area contributed by atoms with E-state index in [4.69, 9.17) is 0 Å². The lowest BCUT2D eigenvalue weighted by Crippen LogP contribution is -2.31. The van der Waals surface area contributed by atoms with Gasteiger partial charge in [-0.05, 0) is 69.5 Å². The summed E-state index contributed by atoms with van der Waals surface area (Å²) in [5.74, 6) is 0.136. The molecule has 4 aromatic rings. The van der Waals surface area contributed by atoms with Gasteiger partial charge in [-0.2, -0.15) is 0 Å². The normalized spacial score (nSPS) is 11.0. The average molecular weight is 584 g/mol. The number of nitrogens with zero attached hydrogens (tertiary/aromatic N) is 5. The summed E-state index contributed by atoms with van der Waals surface area (Å²) in [4.78, 5) is 38.8. The summed E-state index contributed by atoms with van der Waals surface area (Å²) >= 11 is 0. The molecule has 0 atom stereocenters. The molecule has 0 aliphatic rings. The minimum atomic E-state index is -0.673. The number of aryl methyl sites for hydroxylation is 4. The Balaban J connectivity index is 0.000000236. The van der Waals surface area contributed by atoms with E-state index < -0.39 is 6.09 Å². The van der Waals surface area contributed by atoms with E-state index in [0.717, 1.165) is 24.2 Å². The van der Waals surface area contributed by atoms with E-state index in [2.05, 4.69) is 82.3 Å². The number of para-hydroxylation sites is 2. The molecule has 0 fully saturated rings. The molecule has 226 valence electrons. The fraction of sp³-hybridized carbons (Fsp3) is 0.303. The minimum Gasteiger partial charge on any atom is -0.453 e. The number of amides is 2. The molecule has 0 aliphatic carbocycles. The SMILES string of the molecule is CCCCNC(=O)n1c(NC(=O)OC)nc2ccccc21.Cc1ccc(N=CN(C)C=Nc2ccc(C)cc2C)c(C)c1. The molecule has 43 heavy (non-hydrogen) atoms. The molecule has 10 heteroatoms. The number of ether oxygens (including phenoxy) is 1. The number of imidazole rings is 1. The third-order valence-corrected chi connectivity index (χ3v) is 6.43. The van der Waals surface area contributed by atoms with Crippen molar-refractivity contribution in [3.05, 3.63) is 82.9 Å². The third-order valence-electron chi connectivity index (χ3n) is 6.43. The fourth-order valence-electron chi connectivity index (χ4n) is 4.15. The van der Waals surface area contributed by atoms with Crippen LogP contribution in [0.25, 0.3) is 11.0 Å². The van der Waals surface area contributed by atoms with Crippen LogP contribution in [0.3, 0.4) is 0 Å². The average Bonchev–Trinajstić information content (AvgIpc) is 3.34. The van der Waals surface area contributed by atoms with Crippen LogP contribution in [0.1, 0.15) is 42.0 Å². The smallest absolute Gasteiger partial charge is 0.413 e. The molecule has 0 aliphatic heterocycles. The van der Waals surface area contributed by atoms with Crippen molar-refractivity contribution >= 4 is 53.2 Å². The van der Waals surface area contributed by atoms with Crippen LogP contribution in [0.2, 0.25) is 0 Å². The number of rotatable bonds is 8. The van der Waals surface area contributed by atoms with Crippen molar-refractivity contribution in [3.63, 3.8) is 0 Å². The van der Waals surface area contributed by atoms with Gasteiger partial charge in [0.2, 0.25) is 5.95 Å². The Morgan fingerprint density at radius 2 is 1.51 bits per heavy atom. The first-order valence-electron chi connectivity index (χ1n) is 14.2. The second kappa shape index (κ2) is 15.9. The van der Waals surface area contributed by atoms with E-state index in [0.29, 0.717) is 17.6 Å². The maximum atomic E-state index is 12.3. The van der Waals surface area contributed by atoms with Crippen LogP contribution >= 0.6 is 0 Å². The van der Waals surface area contributed by atoms with E-state index in [1.807, 2.05) is 43.1 Å². The summed E-state index contributed by atoms with van der Waals surface area (Å²) in [6.45, 7) is 10.9. The van der Waals surface area contributed by atoms with Gasteiger partial charge in [-0.15, -0.1) is 0 Å². The third kappa shape index (κ3) is 9.53. The summed E-state index contributed by atoms with van der Waals surface area (Å²) in [5.41, 5.74) is 8.07. The molecule has 1 aromatic heterocycles. The molecular formula is C33H41N7O3. The number of benzene rings is 3. The molecule has 0 bridgehead atoms. The first-order chi connectivity index (χ1) is 20.6. The van der Waals surface area contributed by atoms with E-state index in [-0.39, 0.29) is 12.0 Å². The molecule has 3 aromatic carbocycles. The molecule has 0 spiro atoms. The van der Waals surface area contributed by atoms with Crippen molar-refractivity contribution in [2.75, 3.05) is 26.0 Å². The van der Waals surface area contributed by atoms with Crippen molar-refractivity contribution in [2.45, 2.75) is 47.5 Å². The van der Waals surface area contributed by atoms with E-state index in [9.17, 15) is 9.59 Å². The number of methoxy groups -OCH3 is 1. The lowest BCUT2D eigenvalue weighted by atomic mass is 10.1. The number of nitrogens with one attached hydrogen (secondary N) is 2. The Morgan fingerprint density at radius 3 is 2.05 bits per heavy atom. The Hall–Kier alpha value is -4.99. The van der Waals surface area contributed by atoms with Crippen LogP contribution in [0.15, 0.2) is 70.6 Å². The number of carbonyl (C=O) groups is 2. The quantitative estimate of drug-likeness (QED) is 0.127. The van der Waals surface area contributed by atoms with Crippen LogP contribution in [-0.4, -0.2) is 60.0 Å². The Labute approximate surface area is 253 Å². The molecule has 10 nitrogen and oxygen atoms in total. The molecular weight excluding hydrogens is 542 g/mol. The van der Waals surface area contributed by atoms with Crippen molar-refractivity contribution in [3.8, 4) is 0 Å². The highest BCUT2D eigenvalue weighted by atomic mass is 16.5. The number of unbranched alkanes of at least 4 members (excludes halogenated alkanes) is 1. The van der Waals surface area contributed by atoms with Gasteiger partial charge in [-0.3, -0.25) is 5.32 Å². The van der Waals surface area contributed by atoms with Gasteiger partial charge in [0.25, 0.3) is 0 Å². The highest BCUT2D eigenvalue weighted by Gasteiger charge is 2.18. The molecule has 0 radical (unpaired) electrons. The van der Waals surface area contributed by atoms with E-state index >= 15 is 0 Å². The highest BCUT2D eigenvalue weighted by molar-refractivity contribution is 5.96. The van der Waals surface area contributed by atoms with Gasteiger partial charge in [-0.1, -0.05) is 60.9 Å². The molecule has 1 heterocycles. The lowest BCUT2D eigenvalue weighted by molar-refractivity contribution is 0.186. The zero-order chi connectivity index (χ0) is 31.4. The number of aromatic nitrogens is 2. The second-order valence-electron chi connectivity index (χ2n) is 10.2. The minimum absolute atomic E-state index is 0.136. The maximum absolute atomic E-state index is 12.3. The fourth-order valence-corrected chi connectivity index (χ4v) is 4.15. The van der Waals surface area contributed by atoms with Gasteiger partial charge in [-0.25, -0.2) is 29.1 Å². The van der Waals surface area contributed by atoms with Gasteiger partial charge < -0.3 is 15.0 Å². The Morgan fingerprint density at radius 1 is 0.930 bits per heavy atom. The van der Waals surface area contributed by atoms with Crippen molar-refractivity contribution < 1.29 is 14.3 Å². The highest BCUT2D eigenvalue weighted by Crippen LogP contribution is 2.21. The summed E-state index contributed by atoms with van der Waals surface area (Å²) in [7, 11) is 3.18. The van der Waals surface area contributed by atoms with Crippen molar-refractivity contribution in [1.29, 1.82) is 0 Å². The van der Waals surface area contributed by atoms with Gasteiger partial charge in [0.15, 0.2) is 0 Å². The van der Waals surface area contributed by atoms with Gasteiger partial charge >= 0.3 is 12.1 Å². The number of hydrogen-bond donors (Lipinski definition) is 2. The van der Waals surface area contributed by atoms with Gasteiger partial charge in [0.05, 0.1) is 42.2 Å². The van der Waals surface area contributed by atoms with Crippen LogP contribution in [0, 0.1) is 27.7 Å². The van der Waals surface area contributed by atoms with Crippen molar-refractivity contribution in [2.24, 2.45) is 9.98 Å². The topological polar surface area (TPSA) is 113 Å². The van der Waals surface area contributed by atoms with Gasteiger partial charge in [0.1, 0.15) is 0 Å². The van der Waals surface area contributed by atoms with Crippen molar-refractivity contribution in [1.82, 2.24) is 19.8 Å². The molecule has 4 rings (SSSR count). The molecule has 0 unspecified atom stereocenters. The summed E-state index contributed by atoms with van der Waals surface area (Å²) in [6.07, 6.45) is 4.76. The zero-order valence-corrected chi connectivity index (χ0v) is 26.0. The molecule has 2 amide bonds. The zero-order valence-electron chi connectivity index (χ0n) is 26.0. The number of anilines is 1. The largest absolute Gasteiger partial charge is 0.453 e. The number of fused-ring (bicyclic) bond motifs is 1. The Kier molecular flexibility index (Phi) is 12.0. The monoisotopic (exact) mass is 583 g/mol. The second-order valence-corrected chi connectivity index (χ2v) is 10.2. The predicted molar refractivity (Wildman–Crippen MR) is 175 cm³/mol. The maximum Gasteiger partial charge on any atom is 0.413 e. The van der Waals surface area contributed by atoms with Gasteiger partial charge in [0, 0.05) is 13.6 Å². The Bertz CT molecular complexity index is 1550. The van der Waals surface area contributed by atoms with Crippen LogP contribution in [0.5, 0.6) is 0 Å². The summed E-state index contributed by atoms with van der Waals surface area (Å²) < 4.78 is 5.88. The standard InChI is InChI=1S/C19H23N3.C14H18N4O3/c1-14-6-8-18(16(3)10-14)20-12-22(5)13-21-19-9-7-15(2)11-17(19)4;1-3-4-9-15-13(19)18-11-8-6-5-7-10(11)16-12(18)17-14(20)21-2/h6-13H,1-5H3;5-8H,3-4,9H2,1-2H3,(H,15,19)(H,16,17,20). The van der Waals surface area contributed by atoms with Crippen LogP contribution in [-0.2, 0) is 4.74 Å². The number of carbonyl (C=O) groups excluding carboxylic acids is 2. The van der Waals surface area contributed by atoms with Crippen LogP contribution in [0.4, 0.5) is 26.9 Å². The predicted octanol–water partition coefficient (Wildman–Crippen LogP) is 7.44. The first-order valence-corrected chi connectivity index (χ1v) is 14.2. The van der Waals surface area contributed by atoms with E-state index in [1.165, 1.54) is 33.9 Å². The van der Waals surface area contributed by atoms with E-state index in [1.54, 1.807) is 24.8 Å². The van der Waals surface area contributed by atoms with Crippen LogP contribution < -0.4 is 10.6 Å². The number of hydrogen-bond acceptors (Lipinski definition) is 6. The molecule has 0 saturated carbocycles. The lowest BCUT2D eigenvalue weighted by Gasteiger charge is -2.09. The first kappa shape index (κ1) is 32.5. The summed E-state index contributed by atoms with van der Waals surface area (Å²) in [5, 5.41) is 5.25.